The minimum absolute atomic E-state index is 0. The molecule has 0 radical (unpaired) electrons. The second-order valence-electron chi connectivity index (χ2n) is 3.58. The molecular weight excluding hydrogens is 178 g/mol. The van der Waals surface area contributed by atoms with Crippen molar-refractivity contribution in [2.75, 3.05) is 6.54 Å². The summed E-state index contributed by atoms with van der Waals surface area (Å²) in [7, 11) is 0. The molecule has 2 N–H and O–H groups in total. The summed E-state index contributed by atoms with van der Waals surface area (Å²) in [5.74, 6) is 0.406. The van der Waals surface area contributed by atoms with E-state index in [-0.39, 0.29) is 18.4 Å². The first kappa shape index (κ1) is 9.81. The Bertz CT molecular complexity index is 186. The van der Waals surface area contributed by atoms with Crippen LogP contribution in [0.2, 0.25) is 0 Å². The Morgan fingerprint density at radius 2 is 2.17 bits per heavy atom. The molecule has 1 heterocycles. The van der Waals surface area contributed by atoms with Gasteiger partial charge in [0.05, 0.1) is 0 Å². The number of fused-ring (bicyclic) bond motifs is 1. The van der Waals surface area contributed by atoms with E-state index >= 15 is 0 Å². The molecule has 2 rings (SSSR count). The van der Waals surface area contributed by atoms with E-state index in [2.05, 4.69) is 5.32 Å². The normalized spacial score (nSPS) is 38.8. The fourth-order valence-electron chi connectivity index (χ4n) is 2.46. The van der Waals surface area contributed by atoms with Crippen molar-refractivity contribution in [2.24, 2.45) is 11.8 Å². The highest BCUT2D eigenvalue weighted by Gasteiger charge is 2.42. The fourth-order valence-corrected chi connectivity index (χ4v) is 2.46. The van der Waals surface area contributed by atoms with Gasteiger partial charge in [0.2, 0.25) is 0 Å². The molecule has 0 unspecified atom stereocenters. The molecule has 12 heavy (non-hydrogen) atoms. The highest BCUT2D eigenvalue weighted by Crippen LogP contribution is 2.37. The number of rotatable bonds is 1. The number of nitrogens with one attached hydrogen (secondary N) is 1. The molecule has 2 aliphatic rings. The van der Waals surface area contributed by atoms with Crippen molar-refractivity contribution < 1.29 is 9.90 Å². The highest BCUT2D eigenvalue weighted by molar-refractivity contribution is 5.85. The smallest absolute Gasteiger partial charge is 0.320 e. The summed E-state index contributed by atoms with van der Waals surface area (Å²) in [4.78, 5) is 10.7. The van der Waals surface area contributed by atoms with Gasteiger partial charge in [0.1, 0.15) is 6.04 Å². The summed E-state index contributed by atoms with van der Waals surface area (Å²) in [6.45, 7) is 0.918. The van der Waals surface area contributed by atoms with Crippen LogP contribution in [0, 0.1) is 11.8 Å². The molecule has 3 nitrogen and oxygen atoms in total. The number of carboxylic acid groups (broad SMARTS) is 1. The lowest BCUT2D eigenvalue weighted by atomic mass is 9.94. The second kappa shape index (κ2) is 3.62. The van der Waals surface area contributed by atoms with Crippen LogP contribution in [-0.2, 0) is 4.79 Å². The predicted octanol–water partition coefficient (Wildman–Crippen LogP) is 0.881. The van der Waals surface area contributed by atoms with Crippen LogP contribution in [0.4, 0.5) is 0 Å². The Morgan fingerprint density at radius 3 is 2.83 bits per heavy atom. The summed E-state index contributed by atoms with van der Waals surface area (Å²) in [6.07, 6.45) is 3.55. The molecule has 3 atom stereocenters. The number of halogens is 1. The predicted molar refractivity (Wildman–Crippen MR) is 47.5 cm³/mol. The van der Waals surface area contributed by atoms with Gasteiger partial charge in [-0.05, 0) is 31.2 Å². The van der Waals surface area contributed by atoms with Crippen LogP contribution in [0.25, 0.3) is 0 Å². The van der Waals surface area contributed by atoms with Crippen LogP contribution in [0.5, 0.6) is 0 Å². The van der Waals surface area contributed by atoms with Crippen molar-refractivity contribution in [3.8, 4) is 0 Å². The van der Waals surface area contributed by atoms with E-state index in [4.69, 9.17) is 5.11 Å². The number of hydrogen-bond donors (Lipinski definition) is 2. The molecule has 1 saturated heterocycles. The standard InChI is InChI=1S/C8H13NO2.ClH/c10-8(11)7-6-3-1-2-5(6)4-9-7;/h5-7,9H,1-4H2,(H,10,11);1H/t5-,6-,7-;/m0./s1. The lowest BCUT2D eigenvalue weighted by molar-refractivity contribution is -0.140. The van der Waals surface area contributed by atoms with Gasteiger partial charge in [-0.2, -0.15) is 0 Å². The third-order valence-electron chi connectivity index (χ3n) is 3.01. The molecule has 1 aliphatic heterocycles. The topological polar surface area (TPSA) is 49.3 Å². The molecule has 1 aliphatic carbocycles. The third kappa shape index (κ3) is 1.43. The zero-order valence-corrected chi connectivity index (χ0v) is 7.64. The van der Waals surface area contributed by atoms with E-state index in [0.717, 1.165) is 13.0 Å². The first-order valence-corrected chi connectivity index (χ1v) is 4.25. The Morgan fingerprint density at radius 1 is 1.42 bits per heavy atom. The monoisotopic (exact) mass is 191 g/mol. The average Bonchev–Trinajstić information content (AvgIpc) is 2.41. The molecule has 4 heteroatoms. The Balaban J connectivity index is 0.000000720. The minimum atomic E-state index is -0.667. The van der Waals surface area contributed by atoms with E-state index in [1.165, 1.54) is 12.8 Å². The lowest BCUT2D eigenvalue weighted by Crippen LogP contribution is -2.35. The quantitative estimate of drug-likeness (QED) is 0.647. The summed E-state index contributed by atoms with van der Waals surface area (Å²) in [5.41, 5.74) is 0. The second-order valence-corrected chi connectivity index (χ2v) is 3.58. The van der Waals surface area contributed by atoms with E-state index < -0.39 is 5.97 Å². The number of hydrogen-bond acceptors (Lipinski definition) is 2. The van der Waals surface area contributed by atoms with Gasteiger partial charge in [-0.25, -0.2) is 0 Å². The summed E-state index contributed by atoms with van der Waals surface area (Å²) < 4.78 is 0. The molecule has 0 spiro atoms. The Labute approximate surface area is 77.9 Å². The van der Waals surface area contributed by atoms with Crippen LogP contribution < -0.4 is 5.32 Å². The van der Waals surface area contributed by atoms with Crippen molar-refractivity contribution in [2.45, 2.75) is 25.3 Å². The molecule has 0 aromatic carbocycles. The zero-order chi connectivity index (χ0) is 7.84. The van der Waals surface area contributed by atoms with Crippen LogP contribution in [0.15, 0.2) is 0 Å². The van der Waals surface area contributed by atoms with Gasteiger partial charge in [0.15, 0.2) is 0 Å². The molecule has 0 amide bonds. The average molecular weight is 192 g/mol. The van der Waals surface area contributed by atoms with E-state index in [1.54, 1.807) is 0 Å². The first-order valence-electron chi connectivity index (χ1n) is 4.25. The van der Waals surface area contributed by atoms with Gasteiger partial charge in [0, 0.05) is 0 Å². The van der Waals surface area contributed by atoms with Crippen LogP contribution >= 0.6 is 12.4 Å². The number of aliphatic carboxylic acids is 1. The summed E-state index contributed by atoms with van der Waals surface area (Å²) in [6, 6.07) is -0.248. The van der Waals surface area contributed by atoms with Crippen LogP contribution in [-0.4, -0.2) is 23.7 Å². The maximum absolute atomic E-state index is 10.7. The Hall–Kier alpha value is -0.280. The van der Waals surface area contributed by atoms with Crippen molar-refractivity contribution in [1.29, 1.82) is 0 Å². The third-order valence-corrected chi connectivity index (χ3v) is 3.01. The largest absolute Gasteiger partial charge is 0.480 e. The van der Waals surface area contributed by atoms with Gasteiger partial charge in [0.25, 0.3) is 0 Å². The maximum atomic E-state index is 10.7. The van der Waals surface area contributed by atoms with Crippen LogP contribution in [0.3, 0.4) is 0 Å². The lowest BCUT2D eigenvalue weighted by Gasteiger charge is -2.12. The number of carbonyl (C=O) groups is 1. The number of carboxylic acids is 1. The van der Waals surface area contributed by atoms with E-state index in [1.807, 2.05) is 0 Å². The molecule has 2 fully saturated rings. The van der Waals surface area contributed by atoms with Gasteiger partial charge in [-0.1, -0.05) is 6.42 Å². The summed E-state index contributed by atoms with van der Waals surface area (Å²) >= 11 is 0. The van der Waals surface area contributed by atoms with Gasteiger partial charge in [-0.15, -0.1) is 12.4 Å². The van der Waals surface area contributed by atoms with Gasteiger partial charge < -0.3 is 10.4 Å². The van der Waals surface area contributed by atoms with Gasteiger partial charge >= 0.3 is 5.97 Å². The molecule has 0 aromatic rings. The highest BCUT2D eigenvalue weighted by atomic mass is 35.5. The van der Waals surface area contributed by atoms with Crippen molar-refractivity contribution in [3.05, 3.63) is 0 Å². The minimum Gasteiger partial charge on any atom is -0.480 e. The summed E-state index contributed by atoms with van der Waals surface area (Å²) in [5, 5.41) is 11.9. The molecule has 0 bridgehead atoms. The van der Waals surface area contributed by atoms with E-state index in [9.17, 15) is 4.79 Å². The Kier molecular flexibility index (Phi) is 2.96. The zero-order valence-electron chi connectivity index (χ0n) is 6.82. The fraction of sp³-hybridized carbons (Fsp3) is 0.875. The van der Waals surface area contributed by atoms with Gasteiger partial charge in [-0.3, -0.25) is 4.79 Å². The first-order chi connectivity index (χ1) is 5.29. The van der Waals surface area contributed by atoms with Crippen molar-refractivity contribution in [3.63, 3.8) is 0 Å². The molecule has 70 valence electrons. The molecular formula is C8H14ClNO2. The SMILES string of the molecule is Cl.O=C(O)[C@H]1NC[C@@H]2CCC[C@@H]21. The molecule has 0 aromatic heterocycles. The van der Waals surface area contributed by atoms with Crippen molar-refractivity contribution >= 4 is 18.4 Å². The molecule has 1 saturated carbocycles. The van der Waals surface area contributed by atoms with Crippen LogP contribution in [0.1, 0.15) is 19.3 Å². The van der Waals surface area contributed by atoms with Crippen molar-refractivity contribution in [1.82, 2.24) is 5.32 Å². The van der Waals surface area contributed by atoms with E-state index in [0.29, 0.717) is 11.8 Å². The maximum Gasteiger partial charge on any atom is 0.320 e.